The van der Waals surface area contributed by atoms with Crippen LogP contribution in [-0.2, 0) is 0 Å². The van der Waals surface area contributed by atoms with Crippen LogP contribution in [0, 0.1) is 11.3 Å². The number of phenols is 1. The van der Waals surface area contributed by atoms with Gasteiger partial charge in [-0.2, -0.15) is 5.26 Å². The van der Waals surface area contributed by atoms with E-state index < -0.39 is 6.04 Å². The SMILES string of the molecule is N#CC[C@H](N)c1c(Cl)ccc(Br)c1O. The Labute approximate surface area is 95.2 Å². The van der Waals surface area contributed by atoms with Crippen LogP contribution in [0.25, 0.3) is 0 Å². The number of nitriles is 1. The van der Waals surface area contributed by atoms with Gasteiger partial charge in [-0.15, -0.1) is 0 Å². The third-order valence-electron chi connectivity index (χ3n) is 1.80. The van der Waals surface area contributed by atoms with Crippen LogP contribution in [0.15, 0.2) is 16.6 Å². The van der Waals surface area contributed by atoms with E-state index in [4.69, 9.17) is 22.6 Å². The minimum Gasteiger partial charge on any atom is -0.506 e. The summed E-state index contributed by atoms with van der Waals surface area (Å²) in [4.78, 5) is 0. The fraction of sp³-hybridized carbons (Fsp3) is 0.222. The zero-order valence-corrected chi connectivity index (χ0v) is 9.51. The first-order valence-electron chi connectivity index (χ1n) is 3.87. The number of hydrogen-bond acceptors (Lipinski definition) is 3. The van der Waals surface area contributed by atoms with Crippen LogP contribution < -0.4 is 5.73 Å². The number of rotatable bonds is 2. The van der Waals surface area contributed by atoms with Crippen molar-refractivity contribution in [1.29, 1.82) is 5.26 Å². The van der Waals surface area contributed by atoms with Crippen molar-refractivity contribution in [3.63, 3.8) is 0 Å². The molecule has 1 atom stereocenters. The van der Waals surface area contributed by atoms with Crippen molar-refractivity contribution in [2.24, 2.45) is 5.73 Å². The first kappa shape index (κ1) is 11.3. The molecule has 1 aromatic rings. The maximum absolute atomic E-state index is 9.65. The zero-order valence-electron chi connectivity index (χ0n) is 7.17. The van der Waals surface area contributed by atoms with Gasteiger partial charge in [0, 0.05) is 16.6 Å². The van der Waals surface area contributed by atoms with Crippen LogP contribution in [0.1, 0.15) is 18.0 Å². The summed E-state index contributed by atoms with van der Waals surface area (Å²) in [7, 11) is 0. The Kier molecular flexibility index (Phi) is 3.76. The second kappa shape index (κ2) is 4.65. The summed E-state index contributed by atoms with van der Waals surface area (Å²) in [5.41, 5.74) is 6.09. The van der Waals surface area contributed by atoms with E-state index in [-0.39, 0.29) is 12.2 Å². The summed E-state index contributed by atoms with van der Waals surface area (Å²) in [5, 5.41) is 18.5. The van der Waals surface area contributed by atoms with E-state index in [9.17, 15) is 5.11 Å². The van der Waals surface area contributed by atoms with Crippen molar-refractivity contribution in [2.45, 2.75) is 12.5 Å². The number of benzene rings is 1. The van der Waals surface area contributed by atoms with Gasteiger partial charge in [-0.25, -0.2) is 0 Å². The molecule has 0 aliphatic carbocycles. The van der Waals surface area contributed by atoms with Crippen molar-refractivity contribution in [2.75, 3.05) is 0 Å². The molecule has 0 aliphatic heterocycles. The molecule has 0 amide bonds. The lowest BCUT2D eigenvalue weighted by molar-refractivity contribution is 0.458. The predicted octanol–water partition coefficient (Wildman–Crippen LogP) is 2.72. The van der Waals surface area contributed by atoms with Crippen molar-refractivity contribution in [1.82, 2.24) is 0 Å². The van der Waals surface area contributed by atoms with Gasteiger partial charge in [0.05, 0.1) is 17.0 Å². The van der Waals surface area contributed by atoms with E-state index in [1.165, 1.54) is 0 Å². The molecule has 74 valence electrons. The van der Waals surface area contributed by atoms with Crippen molar-refractivity contribution in [3.05, 3.63) is 27.2 Å². The Bertz CT molecular complexity index is 389. The number of phenolic OH excluding ortho intramolecular Hbond substituents is 1. The lowest BCUT2D eigenvalue weighted by Crippen LogP contribution is -2.10. The molecule has 0 spiro atoms. The van der Waals surface area contributed by atoms with Crippen molar-refractivity contribution < 1.29 is 5.11 Å². The van der Waals surface area contributed by atoms with Gasteiger partial charge in [0.2, 0.25) is 0 Å². The minimum atomic E-state index is -0.565. The predicted molar refractivity (Wildman–Crippen MR) is 58.0 cm³/mol. The van der Waals surface area contributed by atoms with Gasteiger partial charge in [0.1, 0.15) is 5.75 Å². The summed E-state index contributed by atoms with van der Waals surface area (Å²) in [6.07, 6.45) is 0.115. The molecule has 0 unspecified atom stereocenters. The molecule has 0 aliphatic rings. The number of aromatic hydroxyl groups is 1. The molecule has 3 nitrogen and oxygen atoms in total. The van der Waals surface area contributed by atoms with Crippen LogP contribution in [0.2, 0.25) is 5.02 Å². The monoisotopic (exact) mass is 274 g/mol. The van der Waals surface area contributed by atoms with Gasteiger partial charge in [0.25, 0.3) is 0 Å². The van der Waals surface area contributed by atoms with Crippen molar-refractivity contribution >= 4 is 27.5 Å². The molecule has 0 saturated heterocycles. The Morgan fingerprint density at radius 2 is 2.29 bits per heavy atom. The summed E-state index contributed by atoms with van der Waals surface area (Å²) >= 11 is 9.01. The van der Waals surface area contributed by atoms with Crippen LogP contribution in [-0.4, -0.2) is 5.11 Å². The van der Waals surface area contributed by atoms with Gasteiger partial charge < -0.3 is 10.8 Å². The third kappa shape index (κ3) is 2.18. The number of halogens is 2. The van der Waals surface area contributed by atoms with E-state index in [0.29, 0.717) is 15.1 Å². The van der Waals surface area contributed by atoms with E-state index in [2.05, 4.69) is 15.9 Å². The molecule has 14 heavy (non-hydrogen) atoms. The molecular formula is C9H8BrClN2O. The smallest absolute Gasteiger partial charge is 0.136 e. The molecule has 0 heterocycles. The Morgan fingerprint density at radius 3 is 2.86 bits per heavy atom. The molecule has 0 fully saturated rings. The lowest BCUT2D eigenvalue weighted by atomic mass is 10.0. The zero-order chi connectivity index (χ0) is 10.7. The quantitative estimate of drug-likeness (QED) is 0.872. The van der Waals surface area contributed by atoms with E-state index in [0.717, 1.165) is 0 Å². The number of hydrogen-bond donors (Lipinski definition) is 2. The summed E-state index contributed by atoms with van der Waals surface area (Å²) in [5.74, 6) is 0.000231. The van der Waals surface area contributed by atoms with Crippen LogP contribution >= 0.6 is 27.5 Å². The fourth-order valence-electron chi connectivity index (χ4n) is 1.11. The summed E-state index contributed by atoms with van der Waals surface area (Å²) in [6.45, 7) is 0. The highest BCUT2D eigenvalue weighted by Crippen LogP contribution is 2.37. The maximum Gasteiger partial charge on any atom is 0.136 e. The second-order valence-corrected chi connectivity index (χ2v) is 4.02. The van der Waals surface area contributed by atoms with Gasteiger partial charge in [0.15, 0.2) is 0 Å². The number of nitrogens with two attached hydrogens (primary N) is 1. The summed E-state index contributed by atoms with van der Waals surface area (Å²) in [6, 6.07) is 4.61. The van der Waals surface area contributed by atoms with E-state index in [1.807, 2.05) is 6.07 Å². The normalized spacial score (nSPS) is 12.1. The third-order valence-corrected chi connectivity index (χ3v) is 2.77. The molecule has 3 N–H and O–H groups in total. The van der Waals surface area contributed by atoms with Crippen LogP contribution in [0.5, 0.6) is 5.75 Å². The second-order valence-electron chi connectivity index (χ2n) is 2.76. The largest absolute Gasteiger partial charge is 0.506 e. The van der Waals surface area contributed by atoms with E-state index >= 15 is 0 Å². The average Bonchev–Trinajstić information content (AvgIpc) is 2.13. The molecule has 5 heteroatoms. The van der Waals surface area contributed by atoms with Gasteiger partial charge in [-0.3, -0.25) is 0 Å². The standard InChI is InChI=1S/C9H8BrClN2O/c10-5-1-2-6(11)8(9(5)14)7(13)3-4-12/h1-2,7,14H,3,13H2/t7-/m0/s1. The Morgan fingerprint density at radius 1 is 1.64 bits per heavy atom. The first-order chi connectivity index (χ1) is 6.57. The highest BCUT2D eigenvalue weighted by Gasteiger charge is 2.16. The minimum absolute atomic E-state index is 0.000231. The average molecular weight is 276 g/mol. The Hall–Kier alpha value is -0.760. The van der Waals surface area contributed by atoms with Gasteiger partial charge in [-0.05, 0) is 28.1 Å². The highest BCUT2D eigenvalue weighted by molar-refractivity contribution is 9.10. The summed E-state index contributed by atoms with van der Waals surface area (Å²) < 4.78 is 0.519. The molecule has 1 rings (SSSR count). The van der Waals surface area contributed by atoms with Gasteiger partial charge in [-0.1, -0.05) is 11.6 Å². The molecule has 0 saturated carbocycles. The van der Waals surface area contributed by atoms with Crippen molar-refractivity contribution in [3.8, 4) is 11.8 Å². The molecule has 0 bridgehead atoms. The Balaban J connectivity index is 3.19. The van der Waals surface area contributed by atoms with E-state index in [1.54, 1.807) is 12.1 Å². The highest BCUT2D eigenvalue weighted by atomic mass is 79.9. The molecule has 1 aromatic carbocycles. The van der Waals surface area contributed by atoms with Crippen LogP contribution in [0.4, 0.5) is 0 Å². The number of nitrogens with zero attached hydrogens (tertiary/aromatic N) is 1. The first-order valence-corrected chi connectivity index (χ1v) is 5.04. The molecule has 0 aromatic heterocycles. The lowest BCUT2D eigenvalue weighted by Gasteiger charge is -2.13. The van der Waals surface area contributed by atoms with Gasteiger partial charge >= 0.3 is 0 Å². The topological polar surface area (TPSA) is 70.0 Å². The molecular weight excluding hydrogens is 267 g/mol. The van der Waals surface area contributed by atoms with Crippen LogP contribution in [0.3, 0.4) is 0 Å². The maximum atomic E-state index is 9.65. The molecule has 0 radical (unpaired) electrons. The fourth-order valence-corrected chi connectivity index (χ4v) is 1.75.